The molecule has 7 heavy (non-hydrogen) atoms. The smallest absolute Gasteiger partial charge is 1.00 e. The molecule has 0 heterocycles. The van der Waals surface area contributed by atoms with E-state index in [1.54, 1.807) is 6.26 Å². The molecule has 1 atom stereocenters. The van der Waals surface area contributed by atoms with Crippen LogP contribution >= 0.6 is 20.3 Å². The first-order chi connectivity index (χ1) is 2.77. The van der Waals surface area contributed by atoms with Crippen LogP contribution < -0.4 is 51.4 Å². The second-order valence-corrected chi connectivity index (χ2v) is 1.88. The third-order valence-corrected chi connectivity index (χ3v) is 1.24. The van der Waals surface area contributed by atoms with E-state index in [0.717, 1.165) is 12.0 Å². The molecule has 0 saturated carbocycles. The van der Waals surface area contributed by atoms with Gasteiger partial charge in [0.25, 0.3) is 0 Å². The molecule has 0 fully saturated rings. The Hall–Kier alpha value is 2.01. The summed E-state index contributed by atoms with van der Waals surface area (Å²) in [5.41, 5.74) is 0. The molecule has 38 valence electrons. The van der Waals surface area contributed by atoms with Crippen molar-refractivity contribution in [3.05, 3.63) is 0 Å². The van der Waals surface area contributed by atoms with E-state index in [0.29, 0.717) is 0 Å². The molecular formula is CH5KO3PS+. The van der Waals surface area contributed by atoms with Crippen LogP contribution in [-0.4, -0.2) is 11.1 Å². The van der Waals surface area contributed by atoms with Crippen molar-refractivity contribution in [2.75, 3.05) is 6.26 Å². The van der Waals surface area contributed by atoms with E-state index in [1.807, 2.05) is 0 Å². The zero-order valence-electron chi connectivity index (χ0n) is 5.12. The largest absolute Gasteiger partial charge is 1.00 e. The summed E-state index contributed by atoms with van der Waals surface area (Å²) >= 11 is 0.876. The van der Waals surface area contributed by atoms with Crippen molar-refractivity contribution >= 4 is 20.3 Å². The third-order valence-electron chi connectivity index (χ3n) is 0.138. The van der Waals surface area contributed by atoms with E-state index in [-0.39, 0.29) is 52.8 Å². The van der Waals surface area contributed by atoms with Crippen LogP contribution in [-0.2, 0) is 8.54 Å². The van der Waals surface area contributed by atoms with Crippen LogP contribution in [0.4, 0.5) is 0 Å². The van der Waals surface area contributed by atoms with Crippen molar-refractivity contribution in [3.63, 3.8) is 0 Å². The minimum absolute atomic E-state index is 0. The summed E-state index contributed by atoms with van der Waals surface area (Å²) in [7, 11) is -2.39. The zero-order valence-corrected chi connectivity index (χ0v) is 8.95. The monoisotopic (exact) mass is 167 g/mol. The SMILES string of the molecule is CSO[P+](=O)O.[H-].[K+]. The summed E-state index contributed by atoms with van der Waals surface area (Å²) in [4.78, 5) is 7.82. The molecular weight excluding hydrogens is 162 g/mol. The molecule has 0 aromatic rings. The number of rotatable bonds is 2. The Kier molecular flexibility index (Phi) is 13.5. The standard InChI is InChI=1S/CH3O3PS.K.H/c1-6-4-5(2)3;;/h1H3;;/q;+1;-1/p+1. The van der Waals surface area contributed by atoms with Gasteiger partial charge < -0.3 is 1.43 Å². The maximum atomic E-state index is 9.50. The van der Waals surface area contributed by atoms with Gasteiger partial charge in [0.1, 0.15) is 0 Å². The first kappa shape index (κ1) is 11.8. The minimum Gasteiger partial charge on any atom is -1.00 e. The van der Waals surface area contributed by atoms with Gasteiger partial charge in [-0.3, -0.25) is 0 Å². The molecule has 0 bridgehead atoms. The van der Waals surface area contributed by atoms with E-state index in [1.165, 1.54) is 0 Å². The van der Waals surface area contributed by atoms with E-state index in [9.17, 15) is 4.57 Å². The summed E-state index contributed by atoms with van der Waals surface area (Å²) < 4.78 is 13.5. The molecule has 0 radical (unpaired) electrons. The fourth-order valence-electron chi connectivity index (χ4n) is 0.0638. The van der Waals surface area contributed by atoms with Gasteiger partial charge in [0, 0.05) is 10.8 Å². The van der Waals surface area contributed by atoms with Gasteiger partial charge in [0.2, 0.25) is 0 Å². The summed E-state index contributed by atoms with van der Waals surface area (Å²) in [5, 5.41) is 0. The van der Waals surface area contributed by atoms with Gasteiger partial charge in [-0.2, -0.15) is 0 Å². The summed E-state index contributed by atoms with van der Waals surface area (Å²) in [6, 6.07) is 0. The Balaban J connectivity index is -0.000000125. The maximum absolute atomic E-state index is 9.50. The molecule has 6 heteroatoms. The molecule has 0 aliphatic carbocycles. The number of hydrogen-bond acceptors (Lipinski definition) is 3. The number of hydrogen-bond donors (Lipinski definition) is 1. The quantitative estimate of drug-likeness (QED) is 0.295. The molecule has 0 aliphatic rings. The van der Waals surface area contributed by atoms with Crippen molar-refractivity contribution in [2.24, 2.45) is 0 Å². The van der Waals surface area contributed by atoms with Crippen molar-refractivity contribution in [1.82, 2.24) is 0 Å². The van der Waals surface area contributed by atoms with Gasteiger partial charge in [0.15, 0.2) is 0 Å². The predicted molar refractivity (Wildman–Crippen MR) is 25.5 cm³/mol. The van der Waals surface area contributed by atoms with Crippen LogP contribution in [0, 0.1) is 0 Å². The first-order valence-electron chi connectivity index (χ1n) is 1.14. The Morgan fingerprint density at radius 2 is 2.43 bits per heavy atom. The molecule has 0 amide bonds. The second-order valence-electron chi connectivity index (χ2n) is 0.479. The molecule has 1 unspecified atom stereocenters. The van der Waals surface area contributed by atoms with Gasteiger partial charge >= 0.3 is 59.6 Å². The average Bonchev–Trinajstić information content (AvgIpc) is 1.35. The first-order valence-corrected chi connectivity index (χ1v) is 3.42. The molecule has 0 rings (SSSR count). The summed E-state index contributed by atoms with van der Waals surface area (Å²) in [6.45, 7) is 0. The Morgan fingerprint density at radius 3 is 2.43 bits per heavy atom. The average molecular weight is 167 g/mol. The Morgan fingerprint density at radius 1 is 2.00 bits per heavy atom. The van der Waals surface area contributed by atoms with Gasteiger partial charge in [-0.05, 0) is 3.97 Å². The molecule has 0 aliphatic heterocycles. The van der Waals surface area contributed by atoms with E-state index >= 15 is 0 Å². The van der Waals surface area contributed by atoms with Gasteiger partial charge in [0.05, 0.1) is 12.0 Å². The minimum atomic E-state index is -2.39. The van der Waals surface area contributed by atoms with Crippen molar-refractivity contribution in [2.45, 2.75) is 0 Å². The Labute approximate surface area is 91.3 Å². The fraction of sp³-hybridized carbons (Fsp3) is 1.00. The normalized spacial score (nSPS) is 9.71. The van der Waals surface area contributed by atoms with E-state index in [2.05, 4.69) is 3.97 Å². The maximum Gasteiger partial charge on any atom is 1.00 e. The van der Waals surface area contributed by atoms with Crippen LogP contribution in [0.3, 0.4) is 0 Å². The van der Waals surface area contributed by atoms with E-state index < -0.39 is 8.25 Å². The molecule has 0 saturated heterocycles. The summed E-state index contributed by atoms with van der Waals surface area (Å²) in [6.07, 6.45) is 1.57. The van der Waals surface area contributed by atoms with Crippen LogP contribution in [0.5, 0.6) is 0 Å². The van der Waals surface area contributed by atoms with Gasteiger partial charge in [-0.15, -0.1) is 4.89 Å². The van der Waals surface area contributed by atoms with E-state index in [4.69, 9.17) is 4.89 Å². The molecule has 0 spiro atoms. The predicted octanol–water partition coefficient (Wildman–Crippen LogP) is -1.95. The van der Waals surface area contributed by atoms with Crippen LogP contribution in [0.2, 0.25) is 0 Å². The summed E-state index contributed by atoms with van der Waals surface area (Å²) in [5.74, 6) is 0. The van der Waals surface area contributed by atoms with Gasteiger partial charge in [-0.25, -0.2) is 0 Å². The van der Waals surface area contributed by atoms with Crippen LogP contribution in [0.1, 0.15) is 1.43 Å². The second kappa shape index (κ2) is 8.01. The Bertz CT molecular complexity index is 63.2. The zero-order chi connectivity index (χ0) is 4.99. The molecule has 0 aromatic carbocycles. The topological polar surface area (TPSA) is 46.5 Å². The molecule has 1 N–H and O–H groups in total. The molecule has 3 nitrogen and oxygen atoms in total. The van der Waals surface area contributed by atoms with Crippen molar-refractivity contribution in [1.29, 1.82) is 0 Å². The van der Waals surface area contributed by atoms with Crippen LogP contribution in [0.15, 0.2) is 0 Å². The van der Waals surface area contributed by atoms with Crippen molar-refractivity contribution < 1.29 is 66.2 Å². The fourth-order valence-corrected chi connectivity index (χ4v) is 0.574. The third kappa shape index (κ3) is 11.5. The van der Waals surface area contributed by atoms with Crippen molar-refractivity contribution in [3.8, 4) is 0 Å². The molecule has 0 aromatic heterocycles. The van der Waals surface area contributed by atoms with Crippen LogP contribution in [0.25, 0.3) is 0 Å². The van der Waals surface area contributed by atoms with Gasteiger partial charge in [-0.1, -0.05) is 0 Å².